The topological polar surface area (TPSA) is 37.4 Å². The number of fused-ring (bicyclic) bond motifs is 1. The Morgan fingerprint density at radius 3 is 2.35 bits per heavy atom. The van der Waals surface area contributed by atoms with E-state index >= 15 is 0 Å². The fourth-order valence-corrected chi connectivity index (χ4v) is 6.18. The van der Waals surface area contributed by atoms with Gasteiger partial charge >= 0.3 is 0 Å². The summed E-state index contributed by atoms with van der Waals surface area (Å²) in [6.07, 6.45) is 7.15. The number of unbranched alkanes of at least 4 members (excludes halogenated alkanes) is 5. The largest absolute Gasteiger partial charge is 0.244 e. The number of hydrogen-bond acceptors (Lipinski definition) is 3. The van der Waals surface area contributed by atoms with Gasteiger partial charge in [-0.25, -0.2) is 8.42 Å². The summed E-state index contributed by atoms with van der Waals surface area (Å²) in [6, 6.07) is 0. The van der Waals surface area contributed by atoms with Gasteiger partial charge in [-0.3, -0.25) is 0 Å². The van der Waals surface area contributed by atoms with E-state index in [0.717, 1.165) is 28.2 Å². The number of hydrogen-bond donors (Lipinski definition) is 0. The van der Waals surface area contributed by atoms with Gasteiger partial charge in [0.15, 0.2) is 0 Å². The first-order chi connectivity index (χ1) is 9.48. The smallest absolute Gasteiger partial charge is 0.207 e. The average molecular weight is 316 g/mol. The summed E-state index contributed by atoms with van der Waals surface area (Å²) in [6.45, 7) is 7.41. The highest BCUT2D eigenvalue weighted by Gasteiger charge is 2.38. The first kappa shape index (κ1) is 16.0. The number of rotatable bonds is 7. The Hall–Kier alpha value is -0.390. The molecule has 0 saturated carbocycles. The first-order valence-electron chi connectivity index (χ1n) is 7.57. The van der Waals surface area contributed by atoms with Gasteiger partial charge in [0.2, 0.25) is 10.0 Å². The van der Waals surface area contributed by atoms with Crippen molar-refractivity contribution in [2.75, 3.05) is 6.54 Å². The second-order valence-corrected chi connectivity index (χ2v) is 8.93. The summed E-state index contributed by atoms with van der Waals surface area (Å²) in [5, 5.41) is 0. The molecule has 0 atom stereocenters. The van der Waals surface area contributed by atoms with Crippen molar-refractivity contribution in [1.82, 2.24) is 4.31 Å². The van der Waals surface area contributed by atoms with E-state index in [-0.39, 0.29) is 0 Å². The van der Waals surface area contributed by atoms with Gasteiger partial charge in [0.05, 0.1) is 0 Å². The number of sulfonamides is 1. The van der Waals surface area contributed by atoms with E-state index in [4.69, 9.17) is 0 Å². The van der Waals surface area contributed by atoms with Crippen LogP contribution in [-0.2, 0) is 16.6 Å². The van der Waals surface area contributed by atoms with Crippen LogP contribution in [0.5, 0.6) is 0 Å². The SMILES string of the molecule is CCCCCCCCN1Cc2c(C)sc(C)c2S1(=O)=O. The molecular weight excluding hydrogens is 290 g/mol. The molecule has 0 N–H and O–H groups in total. The predicted octanol–water partition coefficient (Wildman–Crippen LogP) is 4.23. The minimum absolute atomic E-state index is 0.586. The highest BCUT2D eigenvalue weighted by atomic mass is 32.2. The molecule has 3 nitrogen and oxygen atoms in total. The zero-order valence-electron chi connectivity index (χ0n) is 12.7. The number of thiophene rings is 1. The Kier molecular flexibility index (Phi) is 5.26. The van der Waals surface area contributed by atoms with Gasteiger partial charge in [0.25, 0.3) is 0 Å². The molecule has 0 aromatic carbocycles. The van der Waals surface area contributed by atoms with Crippen LogP contribution in [0.2, 0.25) is 0 Å². The fraction of sp³-hybridized carbons (Fsp3) is 0.733. The second kappa shape index (κ2) is 6.58. The van der Waals surface area contributed by atoms with Crippen molar-refractivity contribution in [3.8, 4) is 0 Å². The summed E-state index contributed by atoms with van der Waals surface area (Å²) in [5.41, 5.74) is 1.04. The molecule has 0 bridgehead atoms. The maximum Gasteiger partial charge on any atom is 0.244 e. The predicted molar refractivity (Wildman–Crippen MR) is 84.8 cm³/mol. The van der Waals surface area contributed by atoms with Crippen molar-refractivity contribution in [2.45, 2.75) is 70.7 Å². The summed E-state index contributed by atoms with van der Waals surface area (Å²) >= 11 is 1.61. The molecule has 0 spiro atoms. The Balaban J connectivity index is 1.91. The van der Waals surface area contributed by atoms with Gasteiger partial charge in [-0.2, -0.15) is 4.31 Å². The lowest BCUT2D eigenvalue weighted by Gasteiger charge is -2.15. The van der Waals surface area contributed by atoms with Crippen LogP contribution in [0.4, 0.5) is 0 Å². The highest BCUT2D eigenvalue weighted by Crippen LogP contribution is 2.39. The van der Waals surface area contributed by atoms with Crippen LogP contribution in [0.25, 0.3) is 0 Å². The Morgan fingerprint density at radius 1 is 1.05 bits per heavy atom. The standard InChI is InChI=1S/C15H25NO2S2/c1-4-5-6-7-8-9-10-16-11-14-12(2)19-13(3)15(14)20(16,17)18/h4-11H2,1-3H3. The third-order valence-electron chi connectivity index (χ3n) is 4.02. The van der Waals surface area contributed by atoms with E-state index in [1.54, 1.807) is 15.6 Å². The molecule has 0 aliphatic carbocycles. The molecule has 20 heavy (non-hydrogen) atoms. The Labute approximate surface area is 127 Å². The molecular formula is C15H25NO2S2. The minimum Gasteiger partial charge on any atom is -0.207 e. The zero-order valence-corrected chi connectivity index (χ0v) is 14.4. The summed E-state index contributed by atoms with van der Waals surface area (Å²) in [4.78, 5) is 2.71. The van der Waals surface area contributed by atoms with Crippen LogP contribution in [-0.4, -0.2) is 19.3 Å². The van der Waals surface area contributed by atoms with Crippen LogP contribution in [0, 0.1) is 13.8 Å². The van der Waals surface area contributed by atoms with Crippen LogP contribution in [0.1, 0.15) is 60.8 Å². The van der Waals surface area contributed by atoms with E-state index < -0.39 is 10.0 Å². The first-order valence-corrected chi connectivity index (χ1v) is 9.83. The van der Waals surface area contributed by atoms with Crippen molar-refractivity contribution in [3.05, 3.63) is 15.3 Å². The minimum atomic E-state index is -3.21. The molecule has 1 aromatic rings. The molecule has 5 heteroatoms. The maximum absolute atomic E-state index is 12.5. The molecule has 1 aliphatic heterocycles. The van der Waals surface area contributed by atoms with Gasteiger partial charge in [0.1, 0.15) is 4.90 Å². The molecule has 114 valence electrons. The molecule has 0 amide bonds. The molecule has 2 rings (SSSR count). The summed E-state index contributed by atoms with van der Waals surface area (Å²) in [7, 11) is -3.21. The van der Waals surface area contributed by atoms with Gasteiger partial charge in [-0.15, -0.1) is 11.3 Å². The molecule has 1 aromatic heterocycles. The highest BCUT2D eigenvalue weighted by molar-refractivity contribution is 7.89. The van der Waals surface area contributed by atoms with Crippen molar-refractivity contribution in [2.24, 2.45) is 0 Å². The molecule has 0 fully saturated rings. The number of aryl methyl sites for hydroxylation is 2. The molecule has 0 unspecified atom stereocenters. The van der Waals surface area contributed by atoms with Crippen LogP contribution < -0.4 is 0 Å². The average Bonchev–Trinajstić information content (AvgIpc) is 2.81. The summed E-state index contributed by atoms with van der Waals surface area (Å²) in [5.74, 6) is 0. The van der Waals surface area contributed by atoms with Gasteiger partial charge < -0.3 is 0 Å². The second-order valence-electron chi connectivity index (χ2n) is 5.63. The molecule has 2 heterocycles. The third kappa shape index (κ3) is 3.10. The lowest BCUT2D eigenvalue weighted by molar-refractivity contribution is 0.407. The fourth-order valence-electron chi connectivity index (χ4n) is 2.89. The van der Waals surface area contributed by atoms with E-state index in [1.165, 1.54) is 25.7 Å². The quantitative estimate of drug-likeness (QED) is 0.706. The van der Waals surface area contributed by atoms with Crippen LogP contribution in [0.3, 0.4) is 0 Å². The third-order valence-corrected chi connectivity index (χ3v) is 7.27. The van der Waals surface area contributed by atoms with E-state index in [2.05, 4.69) is 6.92 Å². The maximum atomic E-state index is 12.5. The van der Waals surface area contributed by atoms with Gasteiger partial charge in [0, 0.05) is 28.4 Å². The molecule has 0 saturated heterocycles. The Morgan fingerprint density at radius 2 is 1.70 bits per heavy atom. The molecule has 0 radical (unpaired) electrons. The van der Waals surface area contributed by atoms with Crippen LogP contribution >= 0.6 is 11.3 Å². The zero-order chi connectivity index (χ0) is 14.8. The van der Waals surface area contributed by atoms with Crippen LogP contribution in [0.15, 0.2) is 4.90 Å². The monoisotopic (exact) mass is 315 g/mol. The van der Waals surface area contributed by atoms with Gasteiger partial charge in [-0.1, -0.05) is 39.0 Å². The Bertz CT molecular complexity index is 561. The van der Waals surface area contributed by atoms with Crippen molar-refractivity contribution in [3.63, 3.8) is 0 Å². The number of nitrogens with zero attached hydrogens (tertiary/aromatic N) is 1. The van der Waals surface area contributed by atoms with E-state index in [1.807, 2.05) is 13.8 Å². The van der Waals surface area contributed by atoms with E-state index in [0.29, 0.717) is 18.0 Å². The van der Waals surface area contributed by atoms with Crippen molar-refractivity contribution >= 4 is 21.4 Å². The van der Waals surface area contributed by atoms with E-state index in [9.17, 15) is 8.42 Å². The molecule has 1 aliphatic rings. The normalized spacial score (nSPS) is 17.6. The van der Waals surface area contributed by atoms with Crippen molar-refractivity contribution < 1.29 is 8.42 Å². The van der Waals surface area contributed by atoms with Crippen molar-refractivity contribution in [1.29, 1.82) is 0 Å². The van der Waals surface area contributed by atoms with Gasteiger partial charge in [-0.05, 0) is 20.3 Å². The summed E-state index contributed by atoms with van der Waals surface area (Å²) < 4.78 is 26.7. The lowest BCUT2D eigenvalue weighted by Crippen LogP contribution is -2.25. The lowest BCUT2D eigenvalue weighted by atomic mass is 10.1.